The molecule has 0 spiro atoms. The number of benzene rings is 2. The highest BCUT2D eigenvalue weighted by atomic mass is 16.5. The van der Waals surface area contributed by atoms with Gasteiger partial charge < -0.3 is 14.6 Å². The Morgan fingerprint density at radius 1 is 1.14 bits per heavy atom. The van der Waals surface area contributed by atoms with Crippen LogP contribution in [0.15, 0.2) is 59.1 Å². The van der Waals surface area contributed by atoms with E-state index in [2.05, 4.69) is 29.3 Å². The summed E-state index contributed by atoms with van der Waals surface area (Å²) in [5.41, 5.74) is 1.97. The molecule has 0 bridgehead atoms. The summed E-state index contributed by atoms with van der Waals surface area (Å²) < 4.78 is 10.7. The second-order valence-electron chi connectivity index (χ2n) is 7.10. The van der Waals surface area contributed by atoms with Crippen LogP contribution in [0.3, 0.4) is 0 Å². The standard InChI is InChI=1S/C23H27N3O3/c1-4-16(2)21(24-20(27)15-10-17-8-6-5-7-9-17)23-25-22(26-29-23)18-11-13-19(28-3)14-12-18/h5-9,11-14,16,21H,4,10,15H2,1-3H3,(H,24,27)/t16-,21+/m0/s1. The Kier molecular flexibility index (Phi) is 7.00. The monoisotopic (exact) mass is 393 g/mol. The van der Waals surface area contributed by atoms with Gasteiger partial charge in [-0.2, -0.15) is 4.98 Å². The van der Waals surface area contributed by atoms with Crippen LogP contribution in [0.5, 0.6) is 5.75 Å². The molecule has 2 aromatic carbocycles. The van der Waals surface area contributed by atoms with Crippen molar-refractivity contribution in [3.8, 4) is 17.1 Å². The first-order valence-electron chi connectivity index (χ1n) is 9.92. The van der Waals surface area contributed by atoms with Gasteiger partial charge in [0.25, 0.3) is 0 Å². The topological polar surface area (TPSA) is 77.2 Å². The fraction of sp³-hybridized carbons (Fsp3) is 0.348. The van der Waals surface area contributed by atoms with E-state index >= 15 is 0 Å². The number of ether oxygens (including phenoxy) is 1. The van der Waals surface area contributed by atoms with Crippen molar-refractivity contribution in [1.82, 2.24) is 15.5 Å². The van der Waals surface area contributed by atoms with Crippen molar-refractivity contribution < 1.29 is 14.1 Å². The second-order valence-corrected chi connectivity index (χ2v) is 7.10. The molecule has 0 saturated heterocycles. The summed E-state index contributed by atoms with van der Waals surface area (Å²) >= 11 is 0. The number of nitrogens with one attached hydrogen (secondary N) is 1. The molecule has 1 N–H and O–H groups in total. The molecule has 0 radical (unpaired) electrons. The summed E-state index contributed by atoms with van der Waals surface area (Å²) in [5.74, 6) is 1.83. The minimum absolute atomic E-state index is 0.0247. The van der Waals surface area contributed by atoms with E-state index in [4.69, 9.17) is 9.26 Å². The molecule has 0 aliphatic carbocycles. The second kappa shape index (κ2) is 9.87. The van der Waals surface area contributed by atoms with Gasteiger partial charge >= 0.3 is 0 Å². The van der Waals surface area contributed by atoms with E-state index in [1.807, 2.05) is 54.6 Å². The molecule has 3 aromatic rings. The fourth-order valence-electron chi connectivity index (χ4n) is 3.05. The molecule has 2 atom stereocenters. The van der Waals surface area contributed by atoms with Gasteiger partial charge in [-0.05, 0) is 42.2 Å². The predicted octanol–water partition coefficient (Wildman–Crippen LogP) is 4.58. The number of aromatic nitrogens is 2. The van der Waals surface area contributed by atoms with Gasteiger partial charge in [0.1, 0.15) is 11.8 Å². The van der Waals surface area contributed by atoms with E-state index in [9.17, 15) is 4.79 Å². The minimum atomic E-state index is -0.317. The van der Waals surface area contributed by atoms with E-state index in [-0.39, 0.29) is 17.9 Å². The number of carbonyl (C=O) groups is 1. The maximum atomic E-state index is 12.6. The predicted molar refractivity (Wildman–Crippen MR) is 111 cm³/mol. The molecule has 1 amide bonds. The lowest BCUT2D eigenvalue weighted by molar-refractivity contribution is -0.122. The van der Waals surface area contributed by atoms with Gasteiger partial charge in [0.2, 0.25) is 17.6 Å². The molecule has 0 aliphatic rings. The summed E-state index contributed by atoms with van der Waals surface area (Å²) in [6.07, 6.45) is 1.99. The molecule has 3 rings (SSSR count). The van der Waals surface area contributed by atoms with Crippen molar-refractivity contribution >= 4 is 5.91 Å². The third-order valence-electron chi connectivity index (χ3n) is 5.07. The van der Waals surface area contributed by atoms with Crippen LogP contribution < -0.4 is 10.1 Å². The first-order valence-corrected chi connectivity index (χ1v) is 9.92. The van der Waals surface area contributed by atoms with Gasteiger partial charge in [0.15, 0.2) is 0 Å². The molecular weight excluding hydrogens is 366 g/mol. The zero-order valence-corrected chi connectivity index (χ0v) is 17.1. The Morgan fingerprint density at radius 3 is 2.52 bits per heavy atom. The van der Waals surface area contributed by atoms with Crippen molar-refractivity contribution in [2.24, 2.45) is 5.92 Å². The molecule has 0 saturated carbocycles. The van der Waals surface area contributed by atoms with Crippen LogP contribution in [0.4, 0.5) is 0 Å². The molecule has 6 nitrogen and oxygen atoms in total. The number of aryl methyl sites for hydroxylation is 1. The molecule has 29 heavy (non-hydrogen) atoms. The number of hydrogen-bond donors (Lipinski definition) is 1. The average molecular weight is 393 g/mol. The van der Waals surface area contributed by atoms with Crippen LogP contribution in [0, 0.1) is 5.92 Å². The van der Waals surface area contributed by atoms with Gasteiger partial charge in [-0.25, -0.2) is 0 Å². The Balaban J connectivity index is 1.69. The number of nitrogens with zero attached hydrogens (tertiary/aromatic N) is 2. The van der Waals surface area contributed by atoms with E-state index in [0.29, 0.717) is 24.6 Å². The first-order chi connectivity index (χ1) is 14.1. The molecule has 1 heterocycles. The normalized spacial score (nSPS) is 12.9. The van der Waals surface area contributed by atoms with Crippen LogP contribution in [0.2, 0.25) is 0 Å². The number of methoxy groups -OCH3 is 1. The third-order valence-corrected chi connectivity index (χ3v) is 5.07. The SMILES string of the molecule is CC[C@H](C)[C@@H](NC(=O)CCc1ccccc1)c1nc(-c2ccc(OC)cc2)no1. The molecule has 0 aliphatic heterocycles. The van der Waals surface area contributed by atoms with Crippen molar-refractivity contribution in [3.05, 3.63) is 66.1 Å². The van der Waals surface area contributed by atoms with Crippen LogP contribution in [0.25, 0.3) is 11.4 Å². The molecule has 0 unspecified atom stereocenters. The van der Waals surface area contributed by atoms with E-state index < -0.39 is 0 Å². The number of rotatable bonds is 9. The van der Waals surface area contributed by atoms with Crippen molar-refractivity contribution in [3.63, 3.8) is 0 Å². The number of hydrogen-bond acceptors (Lipinski definition) is 5. The van der Waals surface area contributed by atoms with Crippen molar-refractivity contribution in [2.75, 3.05) is 7.11 Å². The highest BCUT2D eigenvalue weighted by Gasteiger charge is 2.26. The van der Waals surface area contributed by atoms with Crippen LogP contribution in [-0.4, -0.2) is 23.2 Å². The zero-order valence-electron chi connectivity index (χ0n) is 17.1. The highest BCUT2D eigenvalue weighted by molar-refractivity contribution is 5.76. The number of carbonyl (C=O) groups excluding carboxylic acids is 1. The Bertz CT molecular complexity index is 907. The van der Waals surface area contributed by atoms with Gasteiger partial charge in [-0.15, -0.1) is 0 Å². The van der Waals surface area contributed by atoms with E-state index in [0.717, 1.165) is 23.3 Å². The van der Waals surface area contributed by atoms with Crippen molar-refractivity contribution in [2.45, 2.75) is 39.2 Å². The third kappa shape index (κ3) is 5.44. The summed E-state index contributed by atoms with van der Waals surface area (Å²) in [4.78, 5) is 17.1. The highest BCUT2D eigenvalue weighted by Crippen LogP contribution is 2.26. The minimum Gasteiger partial charge on any atom is -0.497 e. The van der Waals surface area contributed by atoms with Gasteiger partial charge in [0, 0.05) is 12.0 Å². The maximum absolute atomic E-state index is 12.6. The fourth-order valence-corrected chi connectivity index (χ4v) is 3.05. The Morgan fingerprint density at radius 2 is 1.86 bits per heavy atom. The van der Waals surface area contributed by atoms with Gasteiger partial charge in [-0.3, -0.25) is 4.79 Å². The van der Waals surface area contributed by atoms with Crippen LogP contribution in [0.1, 0.15) is 44.2 Å². The molecular formula is C23H27N3O3. The summed E-state index contributed by atoms with van der Waals surface area (Å²) in [6, 6.07) is 17.1. The quantitative estimate of drug-likeness (QED) is 0.576. The van der Waals surface area contributed by atoms with Crippen LogP contribution >= 0.6 is 0 Å². The van der Waals surface area contributed by atoms with E-state index in [1.165, 1.54) is 0 Å². The number of amides is 1. The first kappa shape index (κ1) is 20.6. The molecule has 6 heteroatoms. The smallest absolute Gasteiger partial charge is 0.249 e. The maximum Gasteiger partial charge on any atom is 0.249 e. The molecule has 1 aromatic heterocycles. The zero-order chi connectivity index (χ0) is 20.6. The lowest BCUT2D eigenvalue weighted by Crippen LogP contribution is -2.32. The van der Waals surface area contributed by atoms with E-state index in [1.54, 1.807) is 7.11 Å². The lowest BCUT2D eigenvalue weighted by atomic mass is 9.98. The Labute approximate surface area is 171 Å². The van der Waals surface area contributed by atoms with Gasteiger partial charge in [-0.1, -0.05) is 55.8 Å². The average Bonchev–Trinajstić information content (AvgIpc) is 3.26. The Hall–Kier alpha value is -3.15. The summed E-state index contributed by atoms with van der Waals surface area (Å²) in [7, 11) is 1.62. The van der Waals surface area contributed by atoms with Crippen molar-refractivity contribution in [1.29, 1.82) is 0 Å². The summed E-state index contributed by atoms with van der Waals surface area (Å²) in [6.45, 7) is 4.15. The van der Waals surface area contributed by atoms with Gasteiger partial charge in [0.05, 0.1) is 7.11 Å². The lowest BCUT2D eigenvalue weighted by Gasteiger charge is -2.20. The largest absolute Gasteiger partial charge is 0.497 e. The van der Waals surface area contributed by atoms with Crippen LogP contribution in [-0.2, 0) is 11.2 Å². The summed E-state index contributed by atoms with van der Waals surface area (Å²) in [5, 5.41) is 7.18. The molecule has 0 fully saturated rings. The molecule has 152 valence electrons.